The number of nitrogens with one attached hydrogen (secondary N) is 1. The van der Waals surface area contributed by atoms with Crippen LogP contribution in [-0.4, -0.2) is 44.0 Å². The molecule has 0 radical (unpaired) electrons. The van der Waals surface area contributed by atoms with Gasteiger partial charge in [-0.1, -0.05) is 86.1 Å². The second-order valence-corrected chi connectivity index (χ2v) is 10.6. The maximum atomic E-state index is 13.2. The number of aryl methyl sites for hydroxylation is 1. The van der Waals surface area contributed by atoms with Crippen LogP contribution in [0.1, 0.15) is 40.9 Å². The van der Waals surface area contributed by atoms with Crippen LogP contribution in [-0.2, 0) is 20.7 Å². The van der Waals surface area contributed by atoms with Gasteiger partial charge in [0, 0.05) is 34.8 Å². The molecule has 0 heterocycles. The van der Waals surface area contributed by atoms with Crippen molar-refractivity contribution in [1.29, 1.82) is 0 Å². The molecule has 0 saturated carbocycles. The largest absolute Gasteiger partial charge is 0.492 e. The molecule has 0 aromatic heterocycles. The molecule has 0 bridgehead atoms. The number of esters is 1. The summed E-state index contributed by atoms with van der Waals surface area (Å²) in [7, 11) is 1.35. The summed E-state index contributed by atoms with van der Waals surface area (Å²) in [6, 6.07) is 30.8. The zero-order valence-corrected chi connectivity index (χ0v) is 25.1. The van der Waals surface area contributed by atoms with E-state index in [1.807, 2.05) is 93.6 Å². The standard InChI is InChI=1S/C36H38N2O5/c1-25(2)35(40)38(29-18-14-26(3)15-19-29)22-23-43-30-20-16-27(17-21-30)24-33(36(41)42-4)37-32-13-9-8-12-31(32)34(39)28-10-6-5-7-11-28/h5-21,25,33,37H,22-24H2,1-4H3. The number of nitrogens with zero attached hydrogens (tertiary/aromatic N) is 1. The van der Waals surface area contributed by atoms with Gasteiger partial charge in [0.2, 0.25) is 5.91 Å². The van der Waals surface area contributed by atoms with Gasteiger partial charge in [0.05, 0.1) is 13.7 Å². The topological polar surface area (TPSA) is 84.9 Å². The van der Waals surface area contributed by atoms with Crippen LogP contribution < -0.4 is 15.0 Å². The van der Waals surface area contributed by atoms with Gasteiger partial charge in [0.15, 0.2) is 5.78 Å². The van der Waals surface area contributed by atoms with Gasteiger partial charge in [-0.2, -0.15) is 0 Å². The van der Waals surface area contributed by atoms with Crippen LogP contribution in [0, 0.1) is 12.8 Å². The molecule has 1 amide bonds. The van der Waals surface area contributed by atoms with Crippen LogP contribution in [0.4, 0.5) is 11.4 Å². The summed E-state index contributed by atoms with van der Waals surface area (Å²) >= 11 is 0. The lowest BCUT2D eigenvalue weighted by atomic mass is 10.00. The number of hydrogen-bond donors (Lipinski definition) is 1. The van der Waals surface area contributed by atoms with Crippen molar-refractivity contribution in [2.75, 3.05) is 30.5 Å². The lowest BCUT2D eigenvalue weighted by molar-refractivity contribution is -0.141. The van der Waals surface area contributed by atoms with Gasteiger partial charge in [-0.15, -0.1) is 0 Å². The molecule has 0 aliphatic heterocycles. The predicted octanol–water partition coefficient (Wildman–Crippen LogP) is 6.49. The van der Waals surface area contributed by atoms with E-state index in [2.05, 4.69) is 5.32 Å². The molecule has 0 saturated heterocycles. The maximum absolute atomic E-state index is 13.2. The maximum Gasteiger partial charge on any atom is 0.328 e. The minimum Gasteiger partial charge on any atom is -0.492 e. The zero-order valence-electron chi connectivity index (χ0n) is 25.1. The van der Waals surface area contributed by atoms with E-state index in [1.165, 1.54) is 7.11 Å². The van der Waals surface area contributed by atoms with Crippen molar-refractivity contribution in [3.63, 3.8) is 0 Å². The Morgan fingerprint density at radius 3 is 2.12 bits per heavy atom. The molecule has 4 aromatic rings. The highest BCUT2D eigenvalue weighted by Gasteiger charge is 2.23. The first-order chi connectivity index (χ1) is 20.8. The number of hydrogen-bond acceptors (Lipinski definition) is 6. The highest BCUT2D eigenvalue weighted by Crippen LogP contribution is 2.23. The van der Waals surface area contributed by atoms with Crippen LogP contribution in [0.25, 0.3) is 0 Å². The molecular formula is C36H38N2O5. The molecular weight excluding hydrogens is 540 g/mol. The summed E-state index contributed by atoms with van der Waals surface area (Å²) in [6.45, 7) is 6.53. The third kappa shape index (κ3) is 8.32. The van der Waals surface area contributed by atoms with Crippen LogP contribution >= 0.6 is 0 Å². The van der Waals surface area contributed by atoms with E-state index in [0.717, 1.165) is 16.8 Å². The second kappa shape index (κ2) is 14.8. The Morgan fingerprint density at radius 1 is 0.814 bits per heavy atom. The molecule has 0 aliphatic rings. The van der Waals surface area contributed by atoms with Crippen molar-refractivity contribution < 1.29 is 23.9 Å². The monoisotopic (exact) mass is 578 g/mol. The fraction of sp³-hybridized carbons (Fsp3) is 0.250. The van der Waals surface area contributed by atoms with Crippen LogP contribution in [0.3, 0.4) is 0 Å². The number of benzene rings is 4. The van der Waals surface area contributed by atoms with E-state index in [-0.39, 0.29) is 17.6 Å². The van der Waals surface area contributed by atoms with Gasteiger partial charge >= 0.3 is 5.97 Å². The van der Waals surface area contributed by atoms with Crippen molar-refractivity contribution in [3.8, 4) is 5.75 Å². The van der Waals surface area contributed by atoms with Crippen molar-refractivity contribution in [1.82, 2.24) is 0 Å². The molecule has 1 atom stereocenters. The number of anilines is 2. The van der Waals surface area contributed by atoms with E-state index in [0.29, 0.717) is 42.1 Å². The average Bonchev–Trinajstić information content (AvgIpc) is 3.03. The minimum atomic E-state index is -0.716. The number of carbonyl (C=O) groups is 3. The fourth-order valence-corrected chi connectivity index (χ4v) is 4.69. The Balaban J connectivity index is 1.41. The molecule has 43 heavy (non-hydrogen) atoms. The van der Waals surface area contributed by atoms with Gasteiger partial charge in [-0.05, 0) is 48.9 Å². The van der Waals surface area contributed by atoms with Crippen LogP contribution in [0.5, 0.6) is 5.75 Å². The van der Waals surface area contributed by atoms with E-state index in [9.17, 15) is 14.4 Å². The Kier molecular flexibility index (Phi) is 10.7. The molecule has 0 fully saturated rings. The van der Waals surface area contributed by atoms with Crippen molar-refractivity contribution in [2.45, 2.75) is 33.2 Å². The molecule has 4 aromatic carbocycles. The smallest absolute Gasteiger partial charge is 0.328 e. The first kappa shape index (κ1) is 31.0. The minimum absolute atomic E-state index is 0.0381. The summed E-state index contributed by atoms with van der Waals surface area (Å²) in [5.41, 5.74) is 4.46. The third-order valence-electron chi connectivity index (χ3n) is 7.08. The second-order valence-electron chi connectivity index (χ2n) is 10.6. The first-order valence-electron chi connectivity index (χ1n) is 14.4. The van der Waals surface area contributed by atoms with E-state index in [4.69, 9.17) is 9.47 Å². The molecule has 1 N–H and O–H groups in total. The molecule has 1 unspecified atom stereocenters. The SMILES string of the molecule is COC(=O)C(Cc1ccc(OCCN(C(=O)C(C)C)c2ccc(C)cc2)cc1)Nc1ccccc1C(=O)c1ccccc1. The highest BCUT2D eigenvalue weighted by atomic mass is 16.5. The summed E-state index contributed by atoms with van der Waals surface area (Å²) in [6.07, 6.45) is 0.338. The number of ether oxygens (including phenoxy) is 2. The lowest BCUT2D eigenvalue weighted by Crippen LogP contribution is -2.37. The van der Waals surface area contributed by atoms with Crippen LogP contribution in [0.2, 0.25) is 0 Å². The summed E-state index contributed by atoms with van der Waals surface area (Å²) < 4.78 is 11.1. The number of para-hydroxylation sites is 1. The van der Waals surface area contributed by atoms with Gasteiger partial charge < -0.3 is 19.7 Å². The zero-order chi connectivity index (χ0) is 30.8. The summed E-state index contributed by atoms with van der Waals surface area (Å²) in [5, 5.41) is 3.23. The third-order valence-corrected chi connectivity index (χ3v) is 7.08. The Hall–Kier alpha value is -4.91. The molecule has 222 valence electrons. The Labute approximate surface area is 253 Å². The van der Waals surface area contributed by atoms with Crippen molar-refractivity contribution >= 4 is 29.0 Å². The number of amides is 1. The molecule has 7 heteroatoms. The number of ketones is 1. The number of carbonyl (C=O) groups excluding carboxylic acids is 3. The Bertz CT molecular complexity index is 1520. The first-order valence-corrected chi connectivity index (χ1v) is 14.4. The summed E-state index contributed by atoms with van der Waals surface area (Å²) in [4.78, 5) is 40.6. The van der Waals surface area contributed by atoms with E-state index < -0.39 is 12.0 Å². The van der Waals surface area contributed by atoms with Gasteiger partial charge in [0.1, 0.15) is 18.4 Å². The molecule has 7 nitrogen and oxygen atoms in total. The van der Waals surface area contributed by atoms with Crippen molar-refractivity contribution in [3.05, 3.63) is 125 Å². The number of rotatable bonds is 13. The fourth-order valence-electron chi connectivity index (χ4n) is 4.69. The van der Waals surface area contributed by atoms with Gasteiger partial charge in [0.25, 0.3) is 0 Å². The number of methoxy groups -OCH3 is 1. The molecule has 0 spiro atoms. The molecule has 4 rings (SSSR count). The predicted molar refractivity (Wildman–Crippen MR) is 170 cm³/mol. The summed E-state index contributed by atoms with van der Waals surface area (Å²) in [5.74, 6) is -0.0132. The molecule has 0 aliphatic carbocycles. The quantitative estimate of drug-likeness (QED) is 0.144. The van der Waals surface area contributed by atoms with Gasteiger partial charge in [-0.3, -0.25) is 9.59 Å². The van der Waals surface area contributed by atoms with Crippen LogP contribution in [0.15, 0.2) is 103 Å². The highest BCUT2D eigenvalue weighted by molar-refractivity contribution is 6.12. The van der Waals surface area contributed by atoms with Crippen molar-refractivity contribution in [2.24, 2.45) is 5.92 Å². The average molecular weight is 579 g/mol. The normalized spacial score (nSPS) is 11.5. The van der Waals surface area contributed by atoms with Gasteiger partial charge in [-0.25, -0.2) is 4.79 Å². The Morgan fingerprint density at radius 2 is 1.47 bits per heavy atom. The van der Waals surface area contributed by atoms with E-state index in [1.54, 1.807) is 35.2 Å². The lowest BCUT2D eigenvalue weighted by Gasteiger charge is -2.25. The van der Waals surface area contributed by atoms with E-state index >= 15 is 0 Å².